The first-order chi connectivity index (χ1) is 9.47. The van der Waals surface area contributed by atoms with E-state index in [9.17, 15) is 15.0 Å². The van der Waals surface area contributed by atoms with Crippen molar-refractivity contribution in [3.63, 3.8) is 0 Å². The van der Waals surface area contributed by atoms with Crippen molar-refractivity contribution in [1.29, 1.82) is 0 Å². The Labute approximate surface area is 129 Å². The van der Waals surface area contributed by atoms with Crippen molar-refractivity contribution in [2.75, 3.05) is 13.2 Å². The van der Waals surface area contributed by atoms with Crippen LogP contribution in [0.1, 0.15) is 5.56 Å². The van der Waals surface area contributed by atoms with Crippen molar-refractivity contribution in [3.8, 4) is 11.5 Å². The molecule has 112 valence electrons. The summed E-state index contributed by atoms with van der Waals surface area (Å²) in [6, 6.07) is 3.58. The highest BCUT2D eigenvalue weighted by Gasteiger charge is 2.20. The van der Waals surface area contributed by atoms with E-state index in [0.717, 1.165) is 0 Å². The summed E-state index contributed by atoms with van der Waals surface area (Å²) in [5, 5.41) is 36.3. The number of benzene rings is 1. The lowest BCUT2D eigenvalue weighted by atomic mass is 10.1. The van der Waals surface area contributed by atoms with Crippen LogP contribution >= 0.6 is 22.9 Å². The number of phenols is 2. The molecule has 1 rings (SSSR count). The second kappa shape index (κ2) is 8.25. The van der Waals surface area contributed by atoms with E-state index in [4.69, 9.17) is 14.9 Å². The Hall–Kier alpha value is -1.10. The molecule has 0 heterocycles. The summed E-state index contributed by atoms with van der Waals surface area (Å²) in [6.45, 7) is -0.771. The van der Waals surface area contributed by atoms with Gasteiger partial charge in [-0.2, -0.15) is 0 Å². The van der Waals surface area contributed by atoms with Crippen LogP contribution in [-0.2, 0) is 16.0 Å². The molecule has 0 aliphatic rings. The molecule has 0 saturated heterocycles. The maximum absolute atomic E-state index is 11.8. The third kappa shape index (κ3) is 5.12. The molecule has 0 aromatic heterocycles. The van der Waals surface area contributed by atoms with E-state index in [-0.39, 0.29) is 24.5 Å². The Balaban J connectivity index is 2.61. The predicted octanol–water partition coefficient (Wildman–Crippen LogP) is -0.155. The van der Waals surface area contributed by atoms with Crippen LogP contribution in [0.25, 0.3) is 0 Å². The average Bonchev–Trinajstić information content (AvgIpc) is 2.45. The maximum atomic E-state index is 11.8. The predicted molar refractivity (Wildman–Crippen MR) is 78.5 cm³/mol. The van der Waals surface area contributed by atoms with Crippen molar-refractivity contribution in [2.45, 2.75) is 18.6 Å². The summed E-state index contributed by atoms with van der Waals surface area (Å²) in [5.41, 5.74) is 0.633. The van der Waals surface area contributed by atoms with Gasteiger partial charge in [0, 0.05) is 22.9 Å². The summed E-state index contributed by atoms with van der Waals surface area (Å²) >= 11 is 1.80. The molecule has 0 aliphatic heterocycles. The van der Waals surface area contributed by atoms with Crippen LogP contribution in [0.2, 0.25) is 0 Å². The number of aliphatic hydroxyl groups is 2. The number of halogens is 1. The highest BCUT2D eigenvalue weighted by atomic mass is 127. The highest BCUT2D eigenvalue weighted by molar-refractivity contribution is 14.1. The van der Waals surface area contributed by atoms with Crippen molar-refractivity contribution >= 4 is 28.8 Å². The van der Waals surface area contributed by atoms with E-state index in [1.54, 1.807) is 28.9 Å². The van der Waals surface area contributed by atoms with Gasteiger partial charge in [0.1, 0.15) is 18.8 Å². The molecule has 0 spiro atoms. The van der Waals surface area contributed by atoms with Gasteiger partial charge in [0.25, 0.3) is 0 Å². The van der Waals surface area contributed by atoms with Crippen molar-refractivity contribution in [3.05, 3.63) is 23.8 Å². The van der Waals surface area contributed by atoms with Crippen molar-refractivity contribution < 1.29 is 30.0 Å². The van der Waals surface area contributed by atoms with Crippen LogP contribution in [0.4, 0.5) is 0 Å². The lowest BCUT2D eigenvalue weighted by Gasteiger charge is -2.16. The smallest absolute Gasteiger partial charge is 0.324 e. The largest absolute Gasteiger partial charge is 0.504 e. The first-order valence-electron chi connectivity index (χ1n) is 5.80. The van der Waals surface area contributed by atoms with Crippen LogP contribution in [0.15, 0.2) is 18.2 Å². The quantitative estimate of drug-likeness (QED) is 0.188. The molecule has 7 nitrogen and oxygen atoms in total. The number of rotatable bonds is 7. The van der Waals surface area contributed by atoms with E-state index in [0.29, 0.717) is 5.56 Å². The molecule has 2 atom stereocenters. The minimum absolute atomic E-state index is 0.235. The van der Waals surface area contributed by atoms with Gasteiger partial charge in [-0.15, -0.1) is 0 Å². The molecule has 20 heavy (non-hydrogen) atoms. The van der Waals surface area contributed by atoms with Gasteiger partial charge in [0.2, 0.25) is 0 Å². The topological polar surface area (TPSA) is 119 Å². The lowest BCUT2D eigenvalue weighted by molar-refractivity contribution is -0.149. The van der Waals surface area contributed by atoms with Gasteiger partial charge in [0.05, 0.1) is 6.61 Å². The molecule has 1 aromatic carbocycles. The van der Waals surface area contributed by atoms with Crippen LogP contribution < -0.4 is 3.53 Å². The molecule has 1 aromatic rings. The SMILES string of the molecule is O=C(OC[C@H](O)CO)[C@H](Cc1ccc(O)c(O)c1)NI. The number of esters is 1. The second-order valence-electron chi connectivity index (χ2n) is 4.16. The molecule has 0 unspecified atom stereocenters. The number of hydrogen-bond acceptors (Lipinski definition) is 7. The number of carbonyl (C=O) groups is 1. The van der Waals surface area contributed by atoms with Crippen LogP contribution in [-0.4, -0.2) is 51.8 Å². The van der Waals surface area contributed by atoms with E-state index in [1.165, 1.54) is 12.1 Å². The van der Waals surface area contributed by atoms with Gasteiger partial charge in [-0.25, -0.2) is 3.53 Å². The Morgan fingerprint density at radius 3 is 2.60 bits per heavy atom. The first kappa shape index (κ1) is 17.0. The molecule has 5 N–H and O–H groups in total. The Morgan fingerprint density at radius 2 is 2.05 bits per heavy atom. The molecule has 0 amide bonds. The average molecular weight is 397 g/mol. The number of nitrogens with one attached hydrogen (secondary N) is 1. The van der Waals surface area contributed by atoms with Crippen molar-refractivity contribution in [2.24, 2.45) is 0 Å². The minimum atomic E-state index is -1.11. The molecule has 0 fully saturated rings. The van der Waals surface area contributed by atoms with Gasteiger partial charge < -0.3 is 25.2 Å². The van der Waals surface area contributed by atoms with Gasteiger partial charge >= 0.3 is 5.97 Å². The molecule has 0 bridgehead atoms. The number of carbonyl (C=O) groups excluding carboxylic acids is 1. The third-order valence-corrected chi connectivity index (χ3v) is 3.28. The summed E-state index contributed by atoms with van der Waals surface area (Å²) in [6.07, 6.45) is -0.864. The number of hydrogen-bond donors (Lipinski definition) is 5. The van der Waals surface area contributed by atoms with E-state index in [1.807, 2.05) is 0 Å². The number of phenolic OH excluding ortho intramolecular Hbond substituents is 2. The summed E-state index contributed by atoms with van der Waals surface area (Å²) in [4.78, 5) is 11.8. The Bertz CT molecular complexity index is 456. The highest BCUT2D eigenvalue weighted by Crippen LogP contribution is 2.25. The van der Waals surface area contributed by atoms with Gasteiger partial charge in [-0.1, -0.05) is 6.07 Å². The zero-order chi connectivity index (χ0) is 15.1. The monoisotopic (exact) mass is 397 g/mol. The fraction of sp³-hybridized carbons (Fsp3) is 0.417. The fourth-order valence-electron chi connectivity index (χ4n) is 1.43. The summed E-state index contributed by atoms with van der Waals surface area (Å²) in [5.74, 6) is -1.08. The Kier molecular flexibility index (Phi) is 6.99. The molecule has 8 heteroatoms. The van der Waals surface area contributed by atoms with Crippen LogP contribution in [0.3, 0.4) is 0 Å². The number of aromatic hydroxyl groups is 2. The molecule has 0 aliphatic carbocycles. The molecule has 0 radical (unpaired) electrons. The van der Waals surface area contributed by atoms with Crippen molar-refractivity contribution in [1.82, 2.24) is 3.53 Å². The first-order valence-corrected chi connectivity index (χ1v) is 6.88. The van der Waals surface area contributed by atoms with Crippen LogP contribution in [0.5, 0.6) is 11.5 Å². The third-order valence-electron chi connectivity index (χ3n) is 2.52. The Morgan fingerprint density at radius 1 is 1.35 bits per heavy atom. The van der Waals surface area contributed by atoms with Gasteiger partial charge in [-0.3, -0.25) is 4.79 Å². The fourth-order valence-corrected chi connectivity index (χ4v) is 1.90. The zero-order valence-corrected chi connectivity index (χ0v) is 12.6. The van der Waals surface area contributed by atoms with Gasteiger partial charge in [-0.05, 0) is 24.1 Å². The van der Waals surface area contributed by atoms with Crippen LogP contribution in [0, 0.1) is 0 Å². The second-order valence-corrected chi connectivity index (χ2v) is 4.78. The number of ether oxygens (including phenoxy) is 1. The normalized spacial score (nSPS) is 13.8. The standard InChI is InChI=1S/C12H16INO6/c13-14-9(12(19)20-6-8(16)5-15)3-7-1-2-10(17)11(18)4-7/h1-2,4,8-9,14-18H,3,5-6H2/t8-,9+/m1/s1. The zero-order valence-electron chi connectivity index (χ0n) is 10.5. The number of aliphatic hydroxyl groups excluding tert-OH is 2. The minimum Gasteiger partial charge on any atom is -0.504 e. The molecular weight excluding hydrogens is 381 g/mol. The summed E-state index contributed by atoms with van der Waals surface area (Å²) in [7, 11) is 0. The van der Waals surface area contributed by atoms with E-state index in [2.05, 4.69) is 3.53 Å². The maximum Gasteiger partial charge on any atom is 0.324 e. The lowest BCUT2D eigenvalue weighted by Crippen LogP contribution is -2.36. The van der Waals surface area contributed by atoms with E-state index >= 15 is 0 Å². The molecular formula is C12H16INO6. The summed E-state index contributed by atoms with van der Waals surface area (Å²) < 4.78 is 7.58. The van der Waals surface area contributed by atoms with E-state index < -0.39 is 24.7 Å². The van der Waals surface area contributed by atoms with Gasteiger partial charge in [0.15, 0.2) is 11.5 Å². The molecule has 0 saturated carbocycles.